The molecule has 1 saturated heterocycles. The smallest absolute Gasteiger partial charge is 0.191 e. The van der Waals surface area contributed by atoms with Gasteiger partial charge in [-0.1, -0.05) is 36.2 Å². The van der Waals surface area contributed by atoms with Crippen LogP contribution in [0.25, 0.3) is 0 Å². The molecule has 0 radical (unpaired) electrons. The Labute approximate surface area is 145 Å². The van der Waals surface area contributed by atoms with Gasteiger partial charge in [-0.15, -0.1) is 0 Å². The molecule has 0 bridgehead atoms. The van der Waals surface area contributed by atoms with Crippen molar-refractivity contribution >= 4 is 5.96 Å². The number of ether oxygens (including phenoxy) is 1. The SMILES string of the molecule is CCNC(=NCc1cccc(C)c1)NC1C2CCOC2C12CCC2. The van der Waals surface area contributed by atoms with Gasteiger partial charge in [-0.05, 0) is 38.7 Å². The molecule has 1 aromatic rings. The van der Waals surface area contributed by atoms with Crippen LogP contribution in [0.1, 0.15) is 43.7 Å². The number of fused-ring (bicyclic) bond motifs is 2. The van der Waals surface area contributed by atoms with Crippen molar-refractivity contribution in [1.82, 2.24) is 10.6 Å². The molecule has 2 saturated carbocycles. The summed E-state index contributed by atoms with van der Waals surface area (Å²) in [5.74, 6) is 1.63. The van der Waals surface area contributed by atoms with Crippen molar-refractivity contribution < 1.29 is 4.74 Å². The van der Waals surface area contributed by atoms with Crippen LogP contribution in [0.5, 0.6) is 0 Å². The maximum absolute atomic E-state index is 6.02. The number of benzene rings is 1. The number of nitrogens with one attached hydrogen (secondary N) is 2. The predicted octanol–water partition coefficient (Wildman–Crippen LogP) is 3.01. The van der Waals surface area contributed by atoms with Crippen molar-refractivity contribution in [1.29, 1.82) is 0 Å². The van der Waals surface area contributed by atoms with E-state index in [2.05, 4.69) is 48.7 Å². The molecule has 3 atom stereocenters. The zero-order valence-electron chi connectivity index (χ0n) is 14.8. The van der Waals surface area contributed by atoms with E-state index in [4.69, 9.17) is 9.73 Å². The van der Waals surface area contributed by atoms with E-state index in [-0.39, 0.29) is 0 Å². The van der Waals surface area contributed by atoms with Gasteiger partial charge >= 0.3 is 0 Å². The fraction of sp³-hybridized carbons (Fsp3) is 0.650. The average Bonchev–Trinajstić information content (AvgIpc) is 2.94. The number of guanidine groups is 1. The van der Waals surface area contributed by atoms with Crippen LogP contribution in [0.3, 0.4) is 0 Å². The van der Waals surface area contributed by atoms with E-state index in [0.717, 1.165) is 25.7 Å². The standard InChI is InChI=1S/C20H29N3O/c1-3-21-19(22-13-15-7-4-6-14(2)12-15)23-17-16-8-11-24-18(16)20(17)9-5-10-20/h4,6-7,12,16-18H,3,5,8-11,13H2,1-2H3,(H2,21,22,23). The lowest BCUT2D eigenvalue weighted by atomic mass is 9.46. The summed E-state index contributed by atoms with van der Waals surface area (Å²) < 4.78 is 6.02. The number of hydrogen-bond donors (Lipinski definition) is 2. The summed E-state index contributed by atoms with van der Waals surface area (Å²) >= 11 is 0. The number of nitrogens with zero attached hydrogens (tertiary/aromatic N) is 1. The van der Waals surface area contributed by atoms with Crippen LogP contribution in [0.4, 0.5) is 0 Å². The quantitative estimate of drug-likeness (QED) is 0.660. The topological polar surface area (TPSA) is 45.7 Å². The maximum Gasteiger partial charge on any atom is 0.191 e. The number of aliphatic imine (C=N–C) groups is 1. The number of hydrogen-bond acceptors (Lipinski definition) is 2. The molecule has 3 fully saturated rings. The molecule has 1 heterocycles. The molecule has 1 aliphatic heterocycles. The molecule has 130 valence electrons. The highest BCUT2D eigenvalue weighted by atomic mass is 16.5. The largest absolute Gasteiger partial charge is 0.377 e. The lowest BCUT2D eigenvalue weighted by Gasteiger charge is -2.63. The second kappa shape index (κ2) is 6.40. The van der Waals surface area contributed by atoms with Crippen LogP contribution < -0.4 is 10.6 Å². The molecule has 1 spiro atoms. The van der Waals surface area contributed by atoms with Crippen LogP contribution in [-0.2, 0) is 11.3 Å². The fourth-order valence-electron chi connectivity index (χ4n) is 4.90. The van der Waals surface area contributed by atoms with Crippen molar-refractivity contribution in [2.45, 2.75) is 58.2 Å². The highest BCUT2D eigenvalue weighted by Gasteiger charge is 2.66. The van der Waals surface area contributed by atoms with Gasteiger partial charge in [-0.2, -0.15) is 0 Å². The third-order valence-electron chi connectivity index (χ3n) is 6.17. The fourth-order valence-corrected chi connectivity index (χ4v) is 4.90. The Balaban J connectivity index is 1.46. The summed E-state index contributed by atoms with van der Waals surface area (Å²) in [6.07, 6.45) is 5.67. The zero-order chi connectivity index (χ0) is 16.6. The highest BCUT2D eigenvalue weighted by Crippen LogP contribution is 2.62. The van der Waals surface area contributed by atoms with Crippen molar-refractivity contribution in [3.8, 4) is 0 Å². The van der Waals surface area contributed by atoms with Gasteiger partial charge in [0.2, 0.25) is 0 Å². The van der Waals surface area contributed by atoms with E-state index in [0.29, 0.717) is 23.5 Å². The van der Waals surface area contributed by atoms with E-state index in [1.54, 1.807) is 0 Å². The minimum atomic E-state index is 0.390. The van der Waals surface area contributed by atoms with Gasteiger partial charge in [-0.25, -0.2) is 4.99 Å². The Morgan fingerprint density at radius 2 is 2.25 bits per heavy atom. The average molecular weight is 327 g/mol. The van der Waals surface area contributed by atoms with Crippen LogP contribution in [0.2, 0.25) is 0 Å². The van der Waals surface area contributed by atoms with Crippen molar-refractivity contribution in [3.05, 3.63) is 35.4 Å². The predicted molar refractivity (Wildman–Crippen MR) is 97.0 cm³/mol. The minimum absolute atomic E-state index is 0.390. The molecule has 4 rings (SSSR count). The van der Waals surface area contributed by atoms with Crippen molar-refractivity contribution in [2.24, 2.45) is 16.3 Å². The Morgan fingerprint density at radius 3 is 2.96 bits per heavy atom. The molecule has 4 heteroatoms. The number of rotatable bonds is 4. The molecule has 0 aromatic heterocycles. The van der Waals surface area contributed by atoms with Gasteiger partial charge < -0.3 is 15.4 Å². The lowest BCUT2D eigenvalue weighted by molar-refractivity contribution is -0.171. The van der Waals surface area contributed by atoms with Gasteiger partial charge in [0, 0.05) is 30.5 Å². The molecule has 3 unspecified atom stereocenters. The van der Waals surface area contributed by atoms with Gasteiger partial charge in [0.25, 0.3) is 0 Å². The first-order valence-corrected chi connectivity index (χ1v) is 9.45. The minimum Gasteiger partial charge on any atom is -0.377 e. The van der Waals surface area contributed by atoms with E-state index in [1.807, 2.05) is 0 Å². The second-order valence-corrected chi connectivity index (χ2v) is 7.64. The van der Waals surface area contributed by atoms with Gasteiger partial charge in [-0.3, -0.25) is 0 Å². The number of aryl methyl sites for hydroxylation is 1. The third-order valence-corrected chi connectivity index (χ3v) is 6.17. The van der Waals surface area contributed by atoms with Crippen LogP contribution in [-0.4, -0.2) is 31.3 Å². The van der Waals surface area contributed by atoms with E-state index < -0.39 is 0 Å². The molecule has 1 aromatic carbocycles. The van der Waals surface area contributed by atoms with Crippen LogP contribution in [0.15, 0.2) is 29.3 Å². The molecule has 24 heavy (non-hydrogen) atoms. The summed E-state index contributed by atoms with van der Waals surface area (Å²) in [4.78, 5) is 4.84. The molecule has 4 nitrogen and oxygen atoms in total. The Bertz CT molecular complexity index is 623. The summed E-state index contributed by atoms with van der Waals surface area (Å²) in [6.45, 7) is 6.81. The molecule has 3 aliphatic rings. The zero-order valence-corrected chi connectivity index (χ0v) is 14.8. The van der Waals surface area contributed by atoms with Crippen molar-refractivity contribution in [3.63, 3.8) is 0 Å². The summed E-state index contributed by atoms with van der Waals surface area (Å²) in [5.41, 5.74) is 2.95. The molecular weight excluding hydrogens is 298 g/mol. The Kier molecular flexibility index (Phi) is 4.25. The Hall–Kier alpha value is -1.55. The van der Waals surface area contributed by atoms with Gasteiger partial charge in [0.1, 0.15) is 0 Å². The summed E-state index contributed by atoms with van der Waals surface area (Å²) in [7, 11) is 0. The monoisotopic (exact) mass is 327 g/mol. The first-order valence-electron chi connectivity index (χ1n) is 9.45. The normalized spacial score (nSPS) is 30.4. The molecule has 0 amide bonds. The highest BCUT2D eigenvalue weighted by molar-refractivity contribution is 5.80. The van der Waals surface area contributed by atoms with E-state index in [1.165, 1.54) is 36.8 Å². The maximum atomic E-state index is 6.02. The Morgan fingerprint density at radius 1 is 1.38 bits per heavy atom. The summed E-state index contributed by atoms with van der Waals surface area (Å²) in [6, 6.07) is 9.14. The molecule has 2 N–H and O–H groups in total. The second-order valence-electron chi connectivity index (χ2n) is 7.64. The van der Waals surface area contributed by atoms with Crippen molar-refractivity contribution in [2.75, 3.05) is 13.2 Å². The molecule has 2 aliphatic carbocycles. The van der Waals surface area contributed by atoms with Crippen LogP contribution >= 0.6 is 0 Å². The van der Waals surface area contributed by atoms with E-state index in [9.17, 15) is 0 Å². The summed E-state index contributed by atoms with van der Waals surface area (Å²) in [5, 5.41) is 7.19. The lowest BCUT2D eigenvalue weighted by Crippen LogP contribution is -2.72. The van der Waals surface area contributed by atoms with E-state index >= 15 is 0 Å². The van der Waals surface area contributed by atoms with Gasteiger partial charge in [0.05, 0.1) is 12.6 Å². The van der Waals surface area contributed by atoms with Gasteiger partial charge in [0.15, 0.2) is 5.96 Å². The first kappa shape index (κ1) is 15.9. The first-order chi connectivity index (χ1) is 11.7. The third kappa shape index (κ3) is 2.61. The van der Waals surface area contributed by atoms with Crippen LogP contribution in [0, 0.1) is 18.3 Å². The molecular formula is C20H29N3O.